The van der Waals surface area contributed by atoms with E-state index in [2.05, 4.69) is 53.1 Å². The Morgan fingerprint density at radius 1 is 1.38 bits per heavy atom. The summed E-state index contributed by atoms with van der Waals surface area (Å²) >= 11 is 3.56. The fourth-order valence-electron chi connectivity index (χ4n) is 1.67. The number of halogens is 1. The number of aromatic nitrogens is 1. The van der Waals surface area contributed by atoms with Gasteiger partial charge in [0.2, 0.25) is 0 Å². The average molecular weight is 238 g/mol. The van der Waals surface area contributed by atoms with Crippen molar-refractivity contribution in [2.24, 2.45) is 0 Å². The van der Waals surface area contributed by atoms with E-state index in [4.69, 9.17) is 0 Å². The standard InChI is InChI=1S/C11H12BrN/c1-3-8-6-13-11-9(8)4-7(2)5-10(11)12/h4-6,13H,3H2,1-2H3. The van der Waals surface area contributed by atoms with Crippen LogP contribution in [0.4, 0.5) is 0 Å². The van der Waals surface area contributed by atoms with Crippen LogP contribution in [0.3, 0.4) is 0 Å². The van der Waals surface area contributed by atoms with Gasteiger partial charge in [-0.3, -0.25) is 0 Å². The van der Waals surface area contributed by atoms with Crippen molar-refractivity contribution in [1.82, 2.24) is 4.98 Å². The number of benzene rings is 1. The van der Waals surface area contributed by atoms with Gasteiger partial charge >= 0.3 is 0 Å². The Bertz CT molecular complexity index is 443. The molecule has 2 heteroatoms. The molecule has 0 saturated carbocycles. The van der Waals surface area contributed by atoms with Crippen molar-refractivity contribution >= 4 is 26.8 Å². The Morgan fingerprint density at radius 2 is 2.15 bits per heavy atom. The molecule has 0 bridgehead atoms. The van der Waals surface area contributed by atoms with Crippen molar-refractivity contribution < 1.29 is 0 Å². The van der Waals surface area contributed by atoms with E-state index in [9.17, 15) is 0 Å². The highest BCUT2D eigenvalue weighted by atomic mass is 79.9. The van der Waals surface area contributed by atoms with Crippen LogP contribution in [-0.2, 0) is 6.42 Å². The summed E-state index contributed by atoms with van der Waals surface area (Å²) in [6, 6.07) is 4.37. The Kier molecular flexibility index (Phi) is 2.16. The number of nitrogens with one attached hydrogen (secondary N) is 1. The second-order valence-corrected chi connectivity index (χ2v) is 4.19. The highest BCUT2D eigenvalue weighted by molar-refractivity contribution is 9.10. The molecule has 0 aliphatic carbocycles. The van der Waals surface area contributed by atoms with Crippen LogP contribution >= 0.6 is 15.9 Å². The minimum Gasteiger partial charge on any atom is -0.360 e. The molecule has 0 spiro atoms. The Hall–Kier alpha value is -0.760. The average Bonchev–Trinajstić information content (AvgIpc) is 2.47. The number of H-pyrrole nitrogens is 1. The first-order chi connectivity index (χ1) is 6.22. The minimum atomic E-state index is 1.08. The van der Waals surface area contributed by atoms with Crippen LogP contribution in [0.1, 0.15) is 18.1 Å². The van der Waals surface area contributed by atoms with Crippen LogP contribution in [0.5, 0.6) is 0 Å². The molecule has 0 aliphatic heterocycles. The van der Waals surface area contributed by atoms with Gasteiger partial charge in [0.15, 0.2) is 0 Å². The number of hydrogen-bond donors (Lipinski definition) is 1. The molecule has 1 heterocycles. The van der Waals surface area contributed by atoms with E-state index in [1.807, 2.05) is 0 Å². The van der Waals surface area contributed by atoms with Crippen LogP contribution in [0, 0.1) is 6.92 Å². The van der Waals surface area contributed by atoms with Crippen molar-refractivity contribution in [2.75, 3.05) is 0 Å². The number of aromatic amines is 1. The SMILES string of the molecule is CCc1c[nH]c2c(Br)cc(C)cc12. The zero-order valence-electron chi connectivity index (χ0n) is 7.82. The molecule has 0 amide bonds. The quantitative estimate of drug-likeness (QED) is 0.777. The zero-order valence-corrected chi connectivity index (χ0v) is 9.40. The molecule has 2 aromatic rings. The fraction of sp³-hybridized carbons (Fsp3) is 0.273. The smallest absolute Gasteiger partial charge is 0.0601 e. The Balaban J connectivity index is 2.82. The number of hydrogen-bond acceptors (Lipinski definition) is 0. The predicted molar refractivity (Wildman–Crippen MR) is 60.1 cm³/mol. The van der Waals surface area contributed by atoms with Crippen LogP contribution in [0.15, 0.2) is 22.8 Å². The second-order valence-electron chi connectivity index (χ2n) is 3.34. The molecule has 13 heavy (non-hydrogen) atoms. The van der Waals surface area contributed by atoms with Gasteiger partial charge in [0, 0.05) is 16.1 Å². The summed E-state index contributed by atoms with van der Waals surface area (Å²) in [5, 5.41) is 1.34. The van der Waals surface area contributed by atoms with E-state index < -0.39 is 0 Å². The summed E-state index contributed by atoms with van der Waals surface area (Å²) in [6.45, 7) is 4.30. The summed E-state index contributed by atoms with van der Waals surface area (Å²) in [6.07, 6.45) is 3.17. The van der Waals surface area contributed by atoms with Gasteiger partial charge in [0.05, 0.1) is 5.52 Å². The number of rotatable bonds is 1. The van der Waals surface area contributed by atoms with E-state index in [-0.39, 0.29) is 0 Å². The van der Waals surface area contributed by atoms with Gasteiger partial charge in [-0.05, 0) is 52.5 Å². The molecule has 1 nitrogen and oxygen atoms in total. The highest BCUT2D eigenvalue weighted by Gasteiger charge is 2.05. The third-order valence-corrected chi connectivity index (χ3v) is 2.98. The second kappa shape index (κ2) is 3.18. The lowest BCUT2D eigenvalue weighted by Gasteiger charge is -1.99. The first kappa shape index (κ1) is 8.82. The maximum absolute atomic E-state index is 3.56. The van der Waals surface area contributed by atoms with Gasteiger partial charge in [-0.2, -0.15) is 0 Å². The van der Waals surface area contributed by atoms with Gasteiger partial charge in [0.1, 0.15) is 0 Å². The molecule has 1 aromatic carbocycles. The van der Waals surface area contributed by atoms with Crippen molar-refractivity contribution in [3.8, 4) is 0 Å². The molecule has 0 aliphatic rings. The minimum absolute atomic E-state index is 1.08. The Morgan fingerprint density at radius 3 is 2.85 bits per heavy atom. The maximum Gasteiger partial charge on any atom is 0.0601 e. The molecule has 1 aromatic heterocycles. The lowest BCUT2D eigenvalue weighted by atomic mass is 10.1. The summed E-state index contributed by atoms with van der Waals surface area (Å²) in [4.78, 5) is 3.29. The van der Waals surface area contributed by atoms with Crippen molar-refractivity contribution in [3.05, 3.63) is 33.9 Å². The monoisotopic (exact) mass is 237 g/mol. The van der Waals surface area contributed by atoms with Crippen molar-refractivity contribution in [3.63, 3.8) is 0 Å². The first-order valence-corrected chi connectivity index (χ1v) is 5.27. The highest BCUT2D eigenvalue weighted by Crippen LogP contribution is 2.27. The van der Waals surface area contributed by atoms with E-state index in [0.717, 1.165) is 10.9 Å². The summed E-state index contributed by atoms with van der Waals surface area (Å²) in [5.74, 6) is 0. The molecule has 2 rings (SSSR count). The third-order valence-electron chi connectivity index (χ3n) is 2.35. The molecular formula is C11H12BrN. The topological polar surface area (TPSA) is 15.8 Å². The van der Waals surface area contributed by atoms with Crippen molar-refractivity contribution in [2.45, 2.75) is 20.3 Å². The predicted octanol–water partition coefficient (Wildman–Crippen LogP) is 3.80. The fourth-order valence-corrected chi connectivity index (χ4v) is 2.36. The van der Waals surface area contributed by atoms with Crippen LogP contribution < -0.4 is 0 Å². The lowest BCUT2D eigenvalue weighted by molar-refractivity contribution is 1.15. The van der Waals surface area contributed by atoms with Gasteiger partial charge < -0.3 is 4.98 Å². The lowest BCUT2D eigenvalue weighted by Crippen LogP contribution is -1.78. The summed E-state index contributed by atoms with van der Waals surface area (Å²) in [5.41, 5.74) is 3.90. The first-order valence-electron chi connectivity index (χ1n) is 4.48. The molecule has 0 fully saturated rings. The van der Waals surface area contributed by atoms with Crippen molar-refractivity contribution in [1.29, 1.82) is 0 Å². The number of aryl methyl sites for hydroxylation is 2. The van der Waals surface area contributed by atoms with E-state index in [0.29, 0.717) is 0 Å². The van der Waals surface area contributed by atoms with Gasteiger partial charge in [-0.15, -0.1) is 0 Å². The van der Waals surface area contributed by atoms with Crippen LogP contribution in [-0.4, -0.2) is 4.98 Å². The van der Waals surface area contributed by atoms with Crippen LogP contribution in [0.2, 0.25) is 0 Å². The Labute approximate surface area is 86.3 Å². The van der Waals surface area contributed by atoms with E-state index in [1.165, 1.54) is 22.0 Å². The molecule has 0 saturated heterocycles. The largest absolute Gasteiger partial charge is 0.360 e. The third kappa shape index (κ3) is 1.39. The molecule has 68 valence electrons. The van der Waals surface area contributed by atoms with E-state index in [1.54, 1.807) is 0 Å². The molecule has 0 unspecified atom stereocenters. The molecule has 1 N–H and O–H groups in total. The van der Waals surface area contributed by atoms with Gasteiger partial charge in [-0.1, -0.05) is 6.92 Å². The zero-order chi connectivity index (χ0) is 9.42. The van der Waals surface area contributed by atoms with Gasteiger partial charge in [-0.25, -0.2) is 0 Å². The normalized spacial score (nSPS) is 11.0. The van der Waals surface area contributed by atoms with E-state index >= 15 is 0 Å². The summed E-state index contributed by atoms with van der Waals surface area (Å²) in [7, 11) is 0. The molecule has 0 atom stereocenters. The van der Waals surface area contributed by atoms with Gasteiger partial charge in [0.25, 0.3) is 0 Å². The van der Waals surface area contributed by atoms with Crippen LogP contribution in [0.25, 0.3) is 10.9 Å². The maximum atomic E-state index is 3.56. The number of fused-ring (bicyclic) bond motifs is 1. The summed E-state index contributed by atoms with van der Waals surface area (Å²) < 4.78 is 1.15. The molecule has 0 radical (unpaired) electrons. The molecular weight excluding hydrogens is 226 g/mol.